The van der Waals surface area contributed by atoms with Gasteiger partial charge in [0.2, 0.25) is 5.91 Å². The van der Waals surface area contributed by atoms with Crippen LogP contribution < -0.4 is 5.73 Å². The lowest BCUT2D eigenvalue weighted by molar-refractivity contribution is -0.132. The van der Waals surface area contributed by atoms with Crippen molar-refractivity contribution in [1.82, 2.24) is 9.80 Å². The summed E-state index contributed by atoms with van der Waals surface area (Å²) in [6, 6.07) is 0. The van der Waals surface area contributed by atoms with Crippen LogP contribution in [-0.4, -0.2) is 54.5 Å². The highest BCUT2D eigenvalue weighted by Gasteiger charge is 2.44. The highest BCUT2D eigenvalue weighted by molar-refractivity contribution is 5.84. The molecular formula is C11H21N3O. The summed E-state index contributed by atoms with van der Waals surface area (Å²) in [5.74, 6) is -0.113. The van der Waals surface area contributed by atoms with Crippen molar-refractivity contribution in [1.29, 1.82) is 0 Å². The van der Waals surface area contributed by atoms with E-state index in [1.54, 1.807) is 0 Å². The van der Waals surface area contributed by atoms with Gasteiger partial charge in [-0.3, -0.25) is 9.69 Å². The number of piperidine rings is 1. The number of hydrogen-bond acceptors (Lipinski definition) is 3. The Labute approximate surface area is 91.4 Å². The number of primary amides is 1. The second kappa shape index (κ2) is 4.10. The molecule has 0 bridgehead atoms. The minimum atomic E-state index is -0.330. The lowest BCUT2D eigenvalue weighted by Gasteiger charge is -2.44. The Morgan fingerprint density at radius 1 is 1.13 bits per heavy atom. The highest BCUT2D eigenvalue weighted by atomic mass is 16.1. The fourth-order valence-corrected chi connectivity index (χ4v) is 2.85. The van der Waals surface area contributed by atoms with Gasteiger partial charge in [-0.15, -0.1) is 0 Å². The van der Waals surface area contributed by atoms with Crippen molar-refractivity contribution in [2.24, 2.45) is 5.73 Å². The van der Waals surface area contributed by atoms with Crippen LogP contribution in [0.25, 0.3) is 0 Å². The summed E-state index contributed by atoms with van der Waals surface area (Å²) in [6.07, 6.45) is 4.23. The fourth-order valence-electron chi connectivity index (χ4n) is 2.85. The van der Waals surface area contributed by atoms with Gasteiger partial charge in [0.1, 0.15) is 5.54 Å². The predicted molar refractivity (Wildman–Crippen MR) is 59.5 cm³/mol. The van der Waals surface area contributed by atoms with E-state index in [1.807, 2.05) is 0 Å². The van der Waals surface area contributed by atoms with Crippen LogP contribution >= 0.6 is 0 Å². The average molecular weight is 211 g/mol. The molecule has 2 heterocycles. The van der Waals surface area contributed by atoms with Crippen molar-refractivity contribution in [3.8, 4) is 0 Å². The molecular weight excluding hydrogens is 190 g/mol. The first-order valence-corrected chi connectivity index (χ1v) is 5.89. The summed E-state index contributed by atoms with van der Waals surface area (Å²) in [5, 5.41) is 0. The third kappa shape index (κ3) is 1.88. The van der Waals surface area contributed by atoms with Crippen molar-refractivity contribution in [2.45, 2.75) is 31.2 Å². The maximum absolute atomic E-state index is 11.7. The van der Waals surface area contributed by atoms with Crippen LogP contribution in [0.4, 0.5) is 0 Å². The number of nitrogens with two attached hydrogens (primary N) is 1. The van der Waals surface area contributed by atoms with Crippen LogP contribution in [0.2, 0.25) is 0 Å². The largest absolute Gasteiger partial charge is 0.368 e. The lowest BCUT2D eigenvalue weighted by Crippen LogP contribution is -2.61. The topological polar surface area (TPSA) is 49.6 Å². The van der Waals surface area contributed by atoms with Crippen LogP contribution in [-0.2, 0) is 4.79 Å². The second-order valence-electron chi connectivity index (χ2n) is 4.89. The Hall–Kier alpha value is -0.610. The van der Waals surface area contributed by atoms with Crippen molar-refractivity contribution < 1.29 is 4.79 Å². The normalized spacial score (nSPS) is 28.1. The van der Waals surface area contributed by atoms with E-state index in [2.05, 4.69) is 16.8 Å². The van der Waals surface area contributed by atoms with E-state index in [4.69, 9.17) is 5.73 Å². The monoisotopic (exact) mass is 211 g/mol. The van der Waals surface area contributed by atoms with Crippen molar-refractivity contribution in [3.05, 3.63) is 0 Å². The Bertz CT molecular complexity index is 240. The van der Waals surface area contributed by atoms with Crippen molar-refractivity contribution >= 4 is 5.91 Å². The summed E-state index contributed by atoms with van der Waals surface area (Å²) in [6.45, 7) is 4.07. The summed E-state index contributed by atoms with van der Waals surface area (Å²) in [5.41, 5.74) is 5.30. The first kappa shape index (κ1) is 10.9. The quantitative estimate of drug-likeness (QED) is 0.701. The molecule has 2 rings (SSSR count). The highest BCUT2D eigenvalue weighted by Crippen LogP contribution is 2.31. The molecule has 0 atom stereocenters. The maximum atomic E-state index is 11.7. The number of rotatable bonds is 2. The zero-order valence-electron chi connectivity index (χ0n) is 9.54. The van der Waals surface area contributed by atoms with Gasteiger partial charge in [-0.05, 0) is 45.8 Å². The number of nitrogens with zero attached hydrogens (tertiary/aromatic N) is 2. The van der Waals surface area contributed by atoms with Crippen LogP contribution in [0.5, 0.6) is 0 Å². The van der Waals surface area contributed by atoms with E-state index in [-0.39, 0.29) is 11.4 Å². The molecule has 0 spiro atoms. The van der Waals surface area contributed by atoms with Gasteiger partial charge in [0.05, 0.1) is 0 Å². The minimum absolute atomic E-state index is 0.113. The third-order valence-corrected chi connectivity index (χ3v) is 3.98. The molecule has 0 aromatic heterocycles. The average Bonchev–Trinajstić information content (AvgIpc) is 2.72. The van der Waals surface area contributed by atoms with Crippen LogP contribution in [0, 0.1) is 0 Å². The summed E-state index contributed by atoms with van der Waals surface area (Å²) < 4.78 is 0. The smallest absolute Gasteiger partial charge is 0.238 e. The zero-order chi connectivity index (χ0) is 10.9. The molecule has 4 nitrogen and oxygen atoms in total. The zero-order valence-corrected chi connectivity index (χ0v) is 9.54. The van der Waals surface area contributed by atoms with Crippen molar-refractivity contribution in [2.75, 3.05) is 33.2 Å². The van der Waals surface area contributed by atoms with Crippen LogP contribution in [0.1, 0.15) is 25.7 Å². The van der Waals surface area contributed by atoms with E-state index in [0.717, 1.165) is 39.0 Å². The molecule has 2 aliphatic rings. The molecule has 0 aromatic rings. The summed E-state index contributed by atoms with van der Waals surface area (Å²) >= 11 is 0. The summed E-state index contributed by atoms with van der Waals surface area (Å²) in [4.78, 5) is 16.3. The lowest BCUT2D eigenvalue weighted by atomic mass is 9.85. The standard InChI is InChI=1S/C11H21N3O/c1-13-8-4-11(5-9-13,10(12)15)14-6-2-3-7-14/h2-9H2,1H3,(H2,12,15). The fraction of sp³-hybridized carbons (Fsp3) is 0.909. The molecule has 0 aromatic carbocycles. The van der Waals surface area contributed by atoms with Gasteiger partial charge < -0.3 is 10.6 Å². The first-order valence-electron chi connectivity index (χ1n) is 5.89. The number of carbonyl (C=O) groups excluding carboxylic acids is 1. The van der Waals surface area contributed by atoms with E-state index in [1.165, 1.54) is 12.8 Å². The SMILES string of the molecule is CN1CCC(C(N)=O)(N2CCCC2)CC1. The van der Waals surface area contributed by atoms with E-state index in [0.29, 0.717) is 0 Å². The number of carbonyl (C=O) groups is 1. The van der Waals surface area contributed by atoms with Gasteiger partial charge in [0, 0.05) is 13.1 Å². The number of amides is 1. The molecule has 0 saturated carbocycles. The molecule has 2 fully saturated rings. The number of likely N-dealkylation sites (tertiary alicyclic amines) is 2. The molecule has 2 aliphatic heterocycles. The van der Waals surface area contributed by atoms with Crippen LogP contribution in [0.3, 0.4) is 0 Å². The van der Waals surface area contributed by atoms with E-state index < -0.39 is 0 Å². The first-order chi connectivity index (χ1) is 7.15. The molecule has 0 unspecified atom stereocenters. The van der Waals surface area contributed by atoms with Gasteiger partial charge in [-0.25, -0.2) is 0 Å². The molecule has 2 N–H and O–H groups in total. The van der Waals surface area contributed by atoms with E-state index >= 15 is 0 Å². The Morgan fingerprint density at radius 3 is 2.13 bits per heavy atom. The van der Waals surface area contributed by atoms with Gasteiger partial charge in [0.15, 0.2) is 0 Å². The molecule has 2 saturated heterocycles. The van der Waals surface area contributed by atoms with E-state index in [9.17, 15) is 4.79 Å². The molecule has 15 heavy (non-hydrogen) atoms. The molecule has 1 amide bonds. The Morgan fingerprint density at radius 2 is 1.67 bits per heavy atom. The van der Waals surface area contributed by atoms with Gasteiger partial charge in [-0.1, -0.05) is 0 Å². The Balaban J connectivity index is 2.13. The van der Waals surface area contributed by atoms with Crippen LogP contribution in [0.15, 0.2) is 0 Å². The Kier molecular flexibility index (Phi) is 2.98. The molecule has 4 heteroatoms. The minimum Gasteiger partial charge on any atom is -0.368 e. The molecule has 0 radical (unpaired) electrons. The molecule has 0 aliphatic carbocycles. The number of hydrogen-bond donors (Lipinski definition) is 1. The summed E-state index contributed by atoms with van der Waals surface area (Å²) in [7, 11) is 2.11. The maximum Gasteiger partial charge on any atom is 0.238 e. The second-order valence-corrected chi connectivity index (χ2v) is 4.89. The van der Waals surface area contributed by atoms with Gasteiger partial charge in [0.25, 0.3) is 0 Å². The van der Waals surface area contributed by atoms with Gasteiger partial charge >= 0.3 is 0 Å². The molecule has 86 valence electrons. The van der Waals surface area contributed by atoms with Crippen molar-refractivity contribution in [3.63, 3.8) is 0 Å². The predicted octanol–water partition coefficient (Wildman–Crippen LogP) is 0.0319. The van der Waals surface area contributed by atoms with Gasteiger partial charge in [-0.2, -0.15) is 0 Å². The third-order valence-electron chi connectivity index (χ3n) is 3.98.